The lowest BCUT2D eigenvalue weighted by Gasteiger charge is -2.00. The molecule has 2 aromatic rings. The van der Waals surface area contributed by atoms with E-state index in [0.717, 1.165) is 11.8 Å². The number of hydrogen-bond acceptors (Lipinski definition) is 5. The number of rotatable bonds is 4. The summed E-state index contributed by atoms with van der Waals surface area (Å²) in [4.78, 5) is 4.16. The highest BCUT2D eigenvalue weighted by atomic mass is 32.2. The van der Waals surface area contributed by atoms with Crippen LogP contribution in [0.25, 0.3) is 0 Å². The van der Waals surface area contributed by atoms with Crippen LogP contribution in [-0.4, -0.2) is 25.9 Å². The van der Waals surface area contributed by atoms with Crippen LogP contribution in [0.2, 0.25) is 0 Å². The molecule has 0 aliphatic heterocycles. The Kier molecular flexibility index (Phi) is 3.91. The van der Waals surface area contributed by atoms with Gasteiger partial charge in [-0.15, -0.1) is 0 Å². The van der Waals surface area contributed by atoms with Crippen molar-refractivity contribution in [2.24, 2.45) is 5.10 Å². The first-order chi connectivity index (χ1) is 9.05. The fourth-order valence-corrected chi connectivity index (χ4v) is 1.94. The standard InChI is InChI=1S/C13H13N3O2S/c1-19(17,18)12-7-8-13(14-10-12)16-15-9-11-5-3-2-4-6-11/h2-10H,1H3,(H,14,16)/b15-9+. The lowest BCUT2D eigenvalue weighted by atomic mass is 10.2. The van der Waals surface area contributed by atoms with Crippen LogP contribution in [0, 0.1) is 0 Å². The van der Waals surface area contributed by atoms with Gasteiger partial charge in [0.15, 0.2) is 9.84 Å². The highest BCUT2D eigenvalue weighted by molar-refractivity contribution is 7.90. The second kappa shape index (κ2) is 5.62. The molecule has 19 heavy (non-hydrogen) atoms. The third-order valence-electron chi connectivity index (χ3n) is 2.36. The molecule has 6 heteroatoms. The van der Waals surface area contributed by atoms with Gasteiger partial charge in [-0.25, -0.2) is 13.4 Å². The zero-order valence-corrected chi connectivity index (χ0v) is 11.1. The topological polar surface area (TPSA) is 71.4 Å². The van der Waals surface area contributed by atoms with Gasteiger partial charge in [0.1, 0.15) is 5.82 Å². The molecule has 0 unspecified atom stereocenters. The number of hydrogen-bond donors (Lipinski definition) is 1. The summed E-state index contributed by atoms with van der Waals surface area (Å²) >= 11 is 0. The number of anilines is 1. The van der Waals surface area contributed by atoms with Crippen molar-refractivity contribution in [3.05, 3.63) is 54.2 Å². The summed E-state index contributed by atoms with van der Waals surface area (Å²) in [7, 11) is -3.21. The van der Waals surface area contributed by atoms with Gasteiger partial charge in [-0.2, -0.15) is 5.10 Å². The average Bonchev–Trinajstić information content (AvgIpc) is 2.39. The first-order valence-electron chi connectivity index (χ1n) is 5.56. The zero-order chi connectivity index (χ0) is 13.7. The first-order valence-corrected chi connectivity index (χ1v) is 7.45. The van der Waals surface area contributed by atoms with Crippen molar-refractivity contribution in [2.75, 3.05) is 11.7 Å². The molecule has 5 nitrogen and oxygen atoms in total. The molecule has 0 atom stereocenters. The molecule has 0 saturated heterocycles. The number of hydrazone groups is 1. The monoisotopic (exact) mass is 275 g/mol. The normalized spacial score (nSPS) is 11.6. The van der Waals surface area contributed by atoms with Crippen LogP contribution in [0.4, 0.5) is 5.82 Å². The first kappa shape index (κ1) is 13.2. The van der Waals surface area contributed by atoms with E-state index in [4.69, 9.17) is 0 Å². The summed E-state index contributed by atoms with van der Waals surface area (Å²) in [5.41, 5.74) is 3.70. The number of benzene rings is 1. The van der Waals surface area contributed by atoms with Crippen LogP contribution in [0.15, 0.2) is 58.7 Å². The summed E-state index contributed by atoms with van der Waals surface area (Å²) in [5.74, 6) is 0.486. The zero-order valence-electron chi connectivity index (χ0n) is 10.3. The van der Waals surface area contributed by atoms with Crippen LogP contribution in [0.1, 0.15) is 5.56 Å². The third-order valence-corrected chi connectivity index (χ3v) is 3.45. The van der Waals surface area contributed by atoms with E-state index in [0.29, 0.717) is 5.82 Å². The number of pyridine rings is 1. The van der Waals surface area contributed by atoms with Gasteiger partial charge in [-0.05, 0) is 17.7 Å². The molecule has 0 fully saturated rings. The molecular weight excluding hydrogens is 262 g/mol. The Bertz CT molecular complexity index is 665. The van der Waals surface area contributed by atoms with E-state index in [1.807, 2.05) is 30.3 Å². The van der Waals surface area contributed by atoms with Crippen LogP contribution < -0.4 is 5.43 Å². The summed E-state index contributed by atoms with van der Waals surface area (Å²) in [6, 6.07) is 12.7. The molecule has 0 saturated carbocycles. The van der Waals surface area contributed by atoms with Gasteiger partial charge in [0.25, 0.3) is 0 Å². The summed E-state index contributed by atoms with van der Waals surface area (Å²) in [6.45, 7) is 0. The fourth-order valence-electron chi connectivity index (χ4n) is 1.38. The van der Waals surface area contributed by atoms with Gasteiger partial charge in [0.05, 0.1) is 11.1 Å². The van der Waals surface area contributed by atoms with Gasteiger partial charge in [0, 0.05) is 12.5 Å². The summed E-state index contributed by atoms with van der Waals surface area (Å²) in [5, 5.41) is 4.02. The lowest BCUT2D eigenvalue weighted by Crippen LogP contribution is -1.99. The Balaban J connectivity index is 2.03. The van der Waals surface area contributed by atoms with E-state index < -0.39 is 9.84 Å². The molecule has 0 aliphatic carbocycles. The van der Waals surface area contributed by atoms with Crippen LogP contribution >= 0.6 is 0 Å². The molecule has 0 radical (unpaired) electrons. The van der Waals surface area contributed by atoms with Gasteiger partial charge >= 0.3 is 0 Å². The Morgan fingerprint density at radius 3 is 2.47 bits per heavy atom. The molecule has 0 aliphatic rings. The minimum absolute atomic E-state index is 0.185. The van der Waals surface area contributed by atoms with Crippen molar-refractivity contribution in [2.45, 2.75) is 4.90 Å². The van der Waals surface area contributed by atoms with E-state index in [1.165, 1.54) is 12.3 Å². The molecule has 0 amide bonds. The van der Waals surface area contributed by atoms with Gasteiger partial charge in [-0.3, -0.25) is 5.43 Å². The molecule has 1 aromatic carbocycles. The molecule has 2 rings (SSSR count). The highest BCUT2D eigenvalue weighted by Gasteiger charge is 2.06. The number of sulfone groups is 1. The Morgan fingerprint density at radius 1 is 1.16 bits per heavy atom. The molecule has 0 bridgehead atoms. The second-order valence-electron chi connectivity index (χ2n) is 3.93. The predicted molar refractivity (Wildman–Crippen MR) is 75.0 cm³/mol. The SMILES string of the molecule is CS(=O)(=O)c1ccc(N/N=C/c2ccccc2)nc1. The van der Waals surface area contributed by atoms with E-state index in [-0.39, 0.29) is 4.90 Å². The largest absolute Gasteiger partial charge is 0.261 e. The van der Waals surface area contributed by atoms with Crippen molar-refractivity contribution in [3.63, 3.8) is 0 Å². The molecular formula is C13H13N3O2S. The van der Waals surface area contributed by atoms with Gasteiger partial charge in [-0.1, -0.05) is 30.3 Å². The Hall–Kier alpha value is -2.21. The smallest absolute Gasteiger partial charge is 0.177 e. The van der Waals surface area contributed by atoms with Crippen molar-refractivity contribution in [1.29, 1.82) is 0 Å². The number of nitrogens with one attached hydrogen (secondary N) is 1. The fraction of sp³-hybridized carbons (Fsp3) is 0.0769. The van der Waals surface area contributed by atoms with Crippen molar-refractivity contribution in [1.82, 2.24) is 4.98 Å². The lowest BCUT2D eigenvalue weighted by molar-refractivity contribution is 0.601. The maximum Gasteiger partial charge on any atom is 0.177 e. The maximum atomic E-state index is 11.3. The Morgan fingerprint density at radius 2 is 1.89 bits per heavy atom. The Labute approximate surface area is 111 Å². The van der Waals surface area contributed by atoms with Crippen LogP contribution in [0.5, 0.6) is 0 Å². The predicted octanol–water partition coefficient (Wildman–Crippen LogP) is 1.93. The van der Waals surface area contributed by atoms with Gasteiger partial charge in [0.2, 0.25) is 0 Å². The van der Waals surface area contributed by atoms with Crippen molar-refractivity contribution in [3.8, 4) is 0 Å². The number of aromatic nitrogens is 1. The van der Waals surface area contributed by atoms with Crippen LogP contribution in [0.3, 0.4) is 0 Å². The molecule has 1 N–H and O–H groups in total. The maximum absolute atomic E-state index is 11.3. The van der Waals surface area contributed by atoms with Crippen LogP contribution in [-0.2, 0) is 9.84 Å². The molecule has 98 valence electrons. The van der Waals surface area contributed by atoms with E-state index >= 15 is 0 Å². The van der Waals surface area contributed by atoms with E-state index in [9.17, 15) is 8.42 Å². The average molecular weight is 275 g/mol. The third kappa shape index (κ3) is 3.89. The van der Waals surface area contributed by atoms with Crippen molar-refractivity contribution < 1.29 is 8.42 Å². The second-order valence-corrected chi connectivity index (χ2v) is 5.95. The highest BCUT2D eigenvalue weighted by Crippen LogP contribution is 2.10. The molecule has 1 heterocycles. The molecule has 0 spiro atoms. The quantitative estimate of drug-likeness (QED) is 0.683. The minimum atomic E-state index is -3.21. The van der Waals surface area contributed by atoms with Gasteiger partial charge < -0.3 is 0 Å². The molecule has 1 aromatic heterocycles. The van der Waals surface area contributed by atoms with E-state index in [1.54, 1.807) is 12.3 Å². The minimum Gasteiger partial charge on any atom is -0.261 e. The van der Waals surface area contributed by atoms with Crippen molar-refractivity contribution >= 4 is 21.9 Å². The summed E-state index contributed by atoms with van der Waals surface area (Å²) in [6.07, 6.45) is 4.10. The number of nitrogens with zero attached hydrogens (tertiary/aromatic N) is 2. The van der Waals surface area contributed by atoms with E-state index in [2.05, 4.69) is 15.5 Å². The summed E-state index contributed by atoms with van der Waals surface area (Å²) < 4.78 is 22.5.